The third kappa shape index (κ3) is 5.35. The van der Waals surface area contributed by atoms with Crippen LogP contribution in [0.5, 0.6) is 0 Å². The average Bonchev–Trinajstić information content (AvgIpc) is 3.62. The number of aromatic nitrogens is 3. The number of aromatic amines is 1. The van der Waals surface area contributed by atoms with Gasteiger partial charge < -0.3 is 5.32 Å². The molecule has 1 aromatic carbocycles. The Morgan fingerprint density at radius 1 is 1.30 bits per heavy atom. The summed E-state index contributed by atoms with van der Waals surface area (Å²) in [5.74, 6) is 0.888. The van der Waals surface area contributed by atoms with Gasteiger partial charge in [0.1, 0.15) is 5.82 Å². The second-order valence-electron chi connectivity index (χ2n) is 8.73. The van der Waals surface area contributed by atoms with Gasteiger partial charge in [0.05, 0.1) is 10.9 Å². The molecule has 7 nitrogen and oxygen atoms in total. The molecule has 0 radical (unpaired) electrons. The second-order valence-corrected chi connectivity index (χ2v) is 9.84. The van der Waals surface area contributed by atoms with Crippen molar-refractivity contribution in [2.75, 3.05) is 12.3 Å². The number of H-pyrrole nitrogens is 1. The lowest BCUT2D eigenvalue weighted by Crippen LogP contribution is -2.34. The summed E-state index contributed by atoms with van der Waals surface area (Å²) < 4.78 is 15.2. The van der Waals surface area contributed by atoms with Crippen LogP contribution in [0.15, 0.2) is 39.9 Å². The molecule has 0 bridgehead atoms. The first-order chi connectivity index (χ1) is 15.8. The van der Waals surface area contributed by atoms with E-state index in [-0.39, 0.29) is 40.2 Å². The summed E-state index contributed by atoms with van der Waals surface area (Å²) in [6.07, 6.45) is 1.95. The zero-order valence-electron chi connectivity index (χ0n) is 18.7. The van der Waals surface area contributed by atoms with E-state index < -0.39 is 11.2 Å². The number of hydrogen-bond acceptors (Lipinski definition) is 5. The predicted molar refractivity (Wildman–Crippen MR) is 128 cm³/mol. The van der Waals surface area contributed by atoms with Crippen molar-refractivity contribution in [2.24, 2.45) is 5.92 Å². The summed E-state index contributed by atoms with van der Waals surface area (Å²) in [5, 5.41) is 2.99. The number of halogens is 1. The fraction of sp³-hybridized carbons (Fsp3) is 0.417. The number of nitrogens with one attached hydrogen (secondary N) is 2. The van der Waals surface area contributed by atoms with Gasteiger partial charge in [0.25, 0.3) is 11.5 Å². The lowest BCUT2D eigenvalue weighted by molar-refractivity contribution is 0.0957. The van der Waals surface area contributed by atoms with Gasteiger partial charge in [0.2, 0.25) is 0 Å². The zero-order chi connectivity index (χ0) is 23.5. The number of hydrogen-bond donors (Lipinski definition) is 2. The van der Waals surface area contributed by atoms with E-state index in [2.05, 4.69) is 15.3 Å². The van der Waals surface area contributed by atoms with Gasteiger partial charge in [-0.1, -0.05) is 32.0 Å². The maximum absolute atomic E-state index is 13.7. The van der Waals surface area contributed by atoms with Crippen molar-refractivity contribution in [3.05, 3.63) is 73.8 Å². The van der Waals surface area contributed by atoms with E-state index in [4.69, 9.17) is 0 Å². The van der Waals surface area contributed by atoms with E-state index >= 15 is 0 Å². The van der Waals surface area contributed by atoms with Crippen molar-refractivity contribution in [1.82, 2.24) is 19.9 Å². The lowest BCUT2D eigenvalue weighted by Gasteiger charge is -2.14. The van der Waals surface area contributed by atoms with E-state index in [9.17, 15) is 18.8 Å². The van der Waals surface area contributed by atoms with Crippen LogP contribution in [-0.4, -0.2) is 32.7 Å². The molecule has 0 spiro atoms. The van der Waals surface area contributed by atoms with Crippen molar-refractivity contribution >= 4 is 28.7 Å². The Hall–Kier alpha value is -2.94. The molecule has 2 N–H and O–H groups in total. The third-order valence-corrected chi connectivity index (χ3v) is 6.51. The first-order valence-corrected chi connectivity index (χ1v) is 12.3. The Morgan fingerprint density at radius 3 is 2.76 bits per heavy atom. The first kappa shape index (κ1) is 23.2. The maximum Gasteiger partial charge on any atom is 0.330 e. The summed E-state index contributed by atoms with van der Waals surface area (Å²) >= 11 is 1.51. The molecule has 1 aliphatic carbocycles. The molecule has 2 heterocycles. The number of amides is 1. The van der Waals surface area contributed by atoms with Crippen LogP contribution in [0, 0.1) is 11.7 Å². The van der Waals surface area contributed by atoms with Crippen LogP contribution < -0.4 is 16.6 Å². The van der Waals surface area contributed by atoms with E-state index in [1.807, 2.05) is 13.8 Å². The van der Waals surface area contributed by atoms with Crippen LogP contribution in [0.4, 0.5) is 4.39 Å². The minimum Gasteiger partial charge on any atom is -0.351 e. The molecule has 2 aromatic heterocycles. The quantitative estimate of drug-likeness (QED) is 0.467. The van der Waals surface area contributed by atoms with Crippen LogP contribution in [0.2, 0.25) is 0 Å². The Kier molecular flexibility index (Phi) is 6.97. The van der Waals surface area contributed by atoms with Gasteiger partial charge in [0.15, 0.2) is 5.65 Å². The Balaban J connectivity index is 1.56. The van der Waals surface area contributed by atoms with Gasteiger partial charge in [0, 0.05) is 36.2 Å². The molecule has 0 aliphatic heterocycles. The molecule has 3 aromatic rings. The molecular formula is C24H27FN4O3S. The van der Waals surface area contributed by atoms with Gasteiger partial charge in [-0.15, -0.1) is 0 Å². The highest BCUT2D eigenvalue weighted by molar-refractivity contribution is 7.98. The first-order valence-electron chi connectivity index (χ1n) is 11.1. The Labute approximate surface area is 194 Å². The summed E-state index contributed by atoms with van der Waals surface area (Å²) in [7, 11) is 0. The average molecular weight is 471 g/mol. The summed E-state index contributed by atoms with van der Waals surface area (Å²) in [4.78, 5) is 45.2. The standard InChI is InChI=1S/C24H27FN4O3S/c1-14(2)12-29-21-20(23(31)28-24(29)32)17(11-19(27-21)15-7-8-15)22(30)26-9-10-33-13-16-5-3-4-6-18(16)25/h3-6,11,14-15H,7-10,12-13H2,1-2H3,(H,26,30)(H,28,31,32). The topological polar surface area (TPSA) is 96.9 Å². The smallest absolute Gasteiger partial charge is 0.330 e. The molecule has 0 unspecified atom stereocenters. The molecule has 1 saturated carbocycles. The maximum atomic E-state index is 13.7. The molecule has 1 aliphatic rings. The van der Waals surface area contributed by atoms with E-state index in [1.54, 1.807) is 24.3 Å². The summed E-state index contributed by atoms with van der Waals surface area (Å²) in [6.45, 7) is 4.70. The van der Waals surface area contributed by atoms with Crippen molar-refractivity contribution in [1.29, 1.82) is 0 Å². The van der Waals surface area contributed by atoms with Crippen LogP contribution in [0.25, 0.3) is 11.0 Å². The molecule has 33 heavy (non-hydrogen) atoms. The monoisotopic (exact) mass is 470 g/mol. The fourth-order valence-electron chi connectivity index (χ4n) is 3.72. The number of carbonyl (C=O) groups is 1. The highest BCUT2D eigenvalue weighted by Crippen LogP contribution is 2.39. The van der Waals surface area contributed by atoms with Crippen molar-refractivity contribution in [3.63, 3.8) is 0 Å². The number of pyridine rings is 1. The third-order valence-electron chi connectivity index (χ3n) is 5.50. The molecule has 1 fully saturated rings. The molecule has 0 atom stereocenters. The number of thioether (sulfide) groups is 1. The zero-order valence-corrected chi connectivity index (χ0v) is 19.5. The molecule has 0 saturated heterocycles. The van der Waals surface area contributed by atoms with Gasteiger partial charge in [-0.2, -0.15) is 11.8 Å². The van der Waals surface area contributed by atoms with Crippen LogP contribution in [-0.2, 0) is 12.3 Å². The molecule has 174 valence electrons. The van der Waals surface area contributed by atoms with E-state index in [1.165, 1.54) is 22.4 Å². The number of fused-ring (bicyclic) bond motifs is 1. The molecular weight excluding hydrogens is 443 g/mol. The largest absolute Gasteiger partial charge is 0.351 e. The molecule has 9 heteroatoms. The number of benzene rings is 1. The normalized spacial score (nSPS) is 13.6. The van der Waals surface area contributed by atoms with E-state index in [0.29, 0.717) is 30.2 Å². The highest BCUT2D eigenvalue weighted by Gasteiger charge is 2.28. The van der Waals surface area contributed by atoms with Crippen molar-refractivity contribution < 1.29 is 9.18 Å². The lowest BCUT2D eigenvalue weighted by atomic mass is 10.1. The number of nitrogens with zero attached hydrogens (tertiary/aromatic N) is 2. The fourth-order valence-corrected chi connectivity index (χ4v) is 4.57. The number of rotatable bonds is 9. The van der Waals surface area contributed by atoms with Crippen LogP contribution in [0.1, 0.15) is 54.2 Å². The SMILES string of the molecule is CC(C)Cn1c(=O)[nH]c(=O)c2c(C(=O)NCCSCc3ccccc3F)cc(C3CC3)nc21. The second kappa shape index (κ2) is 9.91. The van der Waals surface area contributed by atoms with Crippen LogP contribution in [0.3, 0.4) is 0 Å². The minimum absolute atomic E-state index is 0.135. The minimum atomic E-state index is -0.607. The molecule has 1 amide bonds. The Bertz CT molecular complexity index is 1300. The molecule has 4 rings (SSSR count). The van der Waals surface area contributed by atoms with Gasteiger partial charge in [-0.3, -0.25) is 19.1 Å². The summed E-state index contributed by atoms with van der Waals surface area (Å²) in [6, 6.07) is 8.30. The van der Waals surface area contributed by atoms with Gasteiger partial charge in [-0.05, 0) is 36.5 Å². The van der Waals surface area contributed by atoms with Crippen molar-refractivity contribution in [3.8, 4) is 0 Å². The predicted octanol–water partition coefficient (Wildman–Crippen LogP) is 3.42. The van der Waals surface area contributed by atoms with Crippen LogP contribution >= 0.6 is 11.8 Å². The number of carbonyl (C=O) groups excluding carboxylic acids is 1. The highest BCUT2D eigenvalue weighted by atomic mass is 32.2. The van der Waals surface area contributed by atoms with Gasteiger partial charge in [-0.25, -0.2) is 14.2 Å². The summed E-state index contributed by atoms with van der Waals surface area (Å²) in [5.41, 5.74) is 0.740. The van der Waals surface area contributed by atoms with E-state index in [0.717, 1.165) is 18.5 Å². The van der Waals surface area contributed by atoms with Gasteiger partial charge >= 0.3 is 5.69 Å². The Morgan fingerprint density at radius 2 is 2.06 bits per heavy atom. The van der Waals surface area contributed by atoms with Crippen molar-refractivity contribution in [2.45, 2.75) is 44.9 Å².